The average Bonchev–Trinajstić information content (AvgIpc) is 2.24. The number of pyridine rings is 1. The molecule has 2 aromatic heterocycles. The van der Waals surface area contributed by atoms with Gasteiger partial charge in [-0.15, -0.1) is 11.6 Å². The molecule has 0 aliphatic rings. The van der Waals surface area contributed by atoms with Crippen molar-refractivity contribution in [1.29, 1.82) is 0 Å². The van der Waals surface area contributed by atoms with Gasteiger partial charge in [0.25, 0.3) is 5.56 Å². The predicted molar refractivity (Wildman–Crippen MR) is 63.7 cm³/mol. The minimum absolute atomic E-state index is 0.189. The Morgan fingerprint density at radius 1 is 1.47 bits per heavy atom. The van der Waals surface area contributed by atoms with Crippen LogP contribution < -0.4 is 5.56 Å². The van der Waals surface area contributed by atoms with Crippen molar-refractivity contribution in [2.75, 3.05) is 0 Å². The second-order valence-corrected chi connectivity index (χ2v) is 4.38. The molecule has 2 rings (SSSR count). The Kier molecular flexibility index (Phi) is 3.00. The molecule has 6 heteroatoms. The van der Waals surface area contributed by atoms with Crippen LogP contribution in [-0.2, 0) is 5.88 Å². The van der Waals surface area contributed by atoms with Gasteiger partial charge in [-0.05, 0) is 28.1 Å². The molecule has 78 valence electrons. The van der Waals surface area contributed by atoms with Crippen molar-refractivity contribution in [1.82, 2.24) is 9.38 Å². The Labute approximate surface area is 104 Å². The minimum atomic E-state index is -0.210. The number of fused-ring (bicyclic) bond motifs is 1. The topological polar surface area (TPSA) is 34.4 Å². The second-order valence-electron chi connectivity index (χ2n) is 2.89. The standard InChI is InChI=1S/C9H5BrCl2N2O/c10-8-6(3-11)13-7-2-1-5(12)4-14(7)9(8)15/h1-2,4H,3H2. The maximum atomic E-state index is 11.8. The summed E-state index contributed by atoms with van der Waals surface area (Å²) in [5.74, 6) is 0.189. The first-order chi connectivity index (χ1) is 7.13. The zero-order chi connectivity index (χ0) is 11.0. The van der Waals surface area contributed by atoms with Gasteiger partial charge < -0.3 is 0 Å². The Morgan fingerprint density at radius 3 is 2.87 bits per heavy atom. The molecule has 15 heavy (non-hydrogen) atoms. The smallest absolute Gasteiger partial charge is 0.268 e. The second kappa shape index (κ2) is 4.12. The van der Waals surface area contributed by atoms with Crippen molar-refractivity contribution in [2.45, 2.75) is 5.88 Å². The summed E-state index contributed by atoms with van der Waals surface area (Å²) in [5, 5.41) is 0.483. The third kappa shape index (κ3) is 1.89. The van der Waals surface area contributed by atoms with E-state index in [4.69, 9.17) is 23.2 Å². The third-order valence-corrected chi connectivity index (χ3v) is 3.20. The van der Waals surface area contributed by atoms with Gasteiger partial charge in [-0.2, -0.15) is 0 Å². The Balaban J connectivity index is 2.91. The molecule has 0 atom stereocenters. The highest BCUT2D eigenvalue weighted by molar-refractivity contribution is 9.10. The van der Waals surface area contributed by atoms with E-state index in [-0.39, 0.29) is 11.4 Å². The van der Waals surface area contributed by atoms with Crippen molar-refractivity contribution < 1.29 is 0 Å². The van der Waals surface area contributed by atoms with E-state index in [1.54, 1.807) is 12.1 Å². The van der Waals surface area contributed by atoms with Gasteiger partial charge in [-0.25, -0.2) is 4.98 Å². The van der Waals surface area contributed by atoms with Crippen LogP contribution in [0.5, 0.6) is 0 Å². The molecule has 0 radical (unpaired) electrons. The average molecular weight is 308 g/mol. The molecule has 0 amide bonds. The van der Waals surface area contributed by atoms with Crippen molar-refractivity contribution >= 4 is 44.8 Å². The lowest BCUT2D eigenvalue weighted by Crippen LogP contribution is -2.17. The van der Waals surface area contributed by atoms with Crippen LogP contribution in [0.25, 0.3) is 5.65 Å². The summed E-state index contributed by atoms with van der Waals surface area (Å²) in [6.45, 7) is 0. The number of hydrogen-bond donors (Lipinski definition) is 0. The molecule has 0 saturated heterocycles. The number of rotatable bonds is 1. The molecule has 0 aliphatic carbocycles. The van der Waals surface area contributed by atoms with Gasteiger partial charge in [-0.3, -0.25) is 9.20 Å². The van der Waals surface area contributed by atoms with Crippen molar-refractivity contribution in [3.05, 3.63) is 43.9 Å². The molecule has 0 aliphatic heterocycles. The zero-order valence-electron chi connectivity index (χ0n) is 7.38. The van der Waals surface area contributed by atoms with Gasteiger partial charge in [0.15, 0.2) is 0 Å². The maximum absolute atomic E-state index is 11.8. The first-order valence-corrected chi connectivity index (χ1v) is 5.76. The fourth-order valence-corrected chi connectivity index (χ4v) is 2.16. The van der Waals surface area contributed by atoms with Crippen LogP contribution in [0.15, 0.2) is 27.6 Å². The van der Waals surface area contributed by atoms with E-state index in [1.807, 2.05) is 0 Å². The first kappa shape index (κ1) is 10.9. The van der Waals surface area contributed by atoms with Crippen molar-refractivity contribution in [2.24, 2.45) is 0 Å². The highest BCUT2D eigenvalue weighted by Crippen LogP contribution is 2.15. The lowest BCUT2D eigenvalue weighted by molar-refractivity contribution is 0.993. The van der Waals surface area contributed by atoms with Crippen molar-refractivity contribution in [3.8, 4) is 0 Å². The monoisotopic (exact) mass is 306 g/mol. The number of aromatic nitrogens is 2. The van der Waals surface area contributed by atoms with Crippen LogP contribution in [0.3, 0.4) is 0 Å². The molecule has 2 aromatic rings. The van der Waals surface area contributed by atoms with Gasteiger partial charge in [0.05, 0.1) is 16.6 Å². The summed E-state index contributed by atoms with van der Waals surface area (Å²) in [6.07, 6.45) is 1.52. The van der Waals surface area contributed by atoms with Crippen LogP contribution >= 0.6 is 39.1 Å². The molecular weight excluding hydrogens is 303 g/mol. The molecule has 0 spiro atoms. The molecule has 0 aromatic carbocycles. The van der Waals surface area contributed by atoms with E-state index in [9.17, 15) is 4.79 Å². The molecular formula is C9H5BrCl2N2O. The van der Waals surface area contributed by atoms with E-state index in [0.717, 1.165) is 0 Å². The van der Waals surface area contributed by atoms with Crippen LogP contribution in [0.1, 0.15) is 5.69 Å². The Morgan fingerprint density at radius 2 is 2.20 bits per heavy atom. The molecule has 2 heterocycles. The van der Waals surface area contributed by atoms with Crippen LogP contribution in [0, 0.1) is 0 Å². The summed E-state index contributed by atoms with van der Waals surface area (Å²) in [5.41, 5.74) is 0.852. The summed E-state index contributed by atoms with van der Waals surface area (Å²) in [6, 6.07) is 3.35. The van der Waals surface area contributed by atoms with Gasteiger partial charge >= 0.3 is 0 Å². The molecule has 0 bridgehead atoms. The summed E-state index contributed by atoms with van der Waals surface area (Å²) in [4.78, 5) is 16.0. The van der Waals surface area contributed by atoms with Gasteiger partial charge in [0.2, 0.25) is 0 Å². The summed E-state index contributed by atoms with van der Waals surface area (Å²) in [7, 11) is 0. The number of halogens is 3. The van der Waals surface area contributed by atoms with E-state index >= 15 is 0 Å². The number of hydrogen-bond acceptors (Lipinski definition) is 2. The molecule has 0 fully saturated rings. The fraction of sp³-hybridized carbons (Fsp3) is 0.111. The Bertz CT molecular complexity index is 582. The van der Waals surface area contributed by atoms with E-state index in [1.165, 1.54) is 10.6 Å². The largest absolute Gasteiger partial charge is 0.272 e. The molecule has 0 unspecified atom stereocenters. The maximum Gasteiger partial charge on any atom is 0.272 e. The third-order valence-electron chi connectivity index (χ3n) is 1.93. The summed E-state index contributed by atoms with van der Waals surface area (Å²) < 4.78 is 1.75. The minimum Gasteiger partial charge on any atom is -0.268 e. The quantitative estimate of drug-likeness (QED) is 0.759. The molecule has 0 N–H and O–H groups in total. The van der Waals surface area contributed by atoms with E-state index in [0.29, 0.717) is 20.8 Å². The van der Waals surface area contributed by atoms with Crippen LogP contribution in [0.2, 0.25) is 5.02 Å². The van der Waals surface area contributed by atoms with Crippen molar-refractivity contribution in [3.63, 3.8) is 0 Å². The van der Waals surface area contributed by atoms with Gasteiger partial charge in [0, 0.05) is 6.20 Å². The zero-order valence-corrected chi connectivity index (χ0v) is 10.5. The highest BCUT2D eigenvalue weighted by Gasteiger charge is 2.09. The first-order valence-electron chi connectivity index (χ1n) is 4.05. The fourth-order valence-electron chi connectivity index (χ4n) is 1.23. The normalized spacial score (nSPS) is 10.9. The summed E-state index contributed by atoms with van der Waals surface area (Å²) >= 11 is 14.6. The van der Waals surface area contributed by atoms with E-state index in [2.05, 4.69) is 20.9 Å². The number of alkyl halides is 1. The van der Waals surface area contributed by atoms with Crippen LogP contribution in [-0.4, -0.2) is 9.38 Å². The number of nitrogens with zero attached hydrogens (tertiary/aromatic N) is 2. The molecule has 3 nitrogen and oxygen atoms in total. The SMILES string of the molecule is O=c1c(Br)c(CCl)nc2ccc(Cl)cn12. The van der Waals surface area contributed by atoms with E-state index < -0.39 is 0 Å². The van der Waals surface area contributed by atoms with Gasteiger partial charge in [-0.1, -0.05) is 11.6 Å². The van der Waals surface area contributed by atoms with Crippen LogP contribution in [0.4, 0.5) is 0 Å². The Hall–Kier alpha value is -0.580. The lowest BCUT2D eigenvalue weighted by Gasteiger charge is -2.04. The highest BCUT2D eigenvalue weighted by atomic mass is 79.9. The lowest BCUT2D eigenvalue weighted by atomic mass is 10.4. The van der Waals surface area contributed by atoms with Gasteiger partial charge in [0.1, 0.15) is 10.1 Å². The molecule has 0 saturated carbocycles. The predicted octanol–water partition coefficient (Wildman–Crippen LogP) is 2.85.